The SMILES string of the molecule is [2H]C([2H])([2H])C(C)(c1cc(C(C)(C)C)c(O)cc1NC(=O)c1c[nH]c2ccccc2c1=O)C([2H])([2H])[2H]. The molecule has 0 radical (unpaired) electrons. The molecule has 0 unspecified atom stereocenters. The minimum Gasteiger partial charge on any atom is -0.508 e. The Morgan fingerprint density at radius 1 is 1.07 bits per heavy atom. The molecule has 3 aromatic rings. The molecule has 3 rings (SSSR count). The summed E-state index contributed by atoms with van der Waals surface area (Å²) in [6.45, 7) is 0.432. The molecule has 29 heavy (non-hydrogen) atoms. The van der Waals surface area contributed by atoms with E-state index in [1.165, 1.54) is 12.3 Å². The summed E-state index contributed by atoms with van der Waals surface area (Å²) in [6.07, 6.45) is 1.23. The van der Waals surface area contributed by atoms with Gasteiger partial charge in [0.1, 0.15) is 11.3 Å². The molecule has 0 aliphatic carbocycles. The first-order chi connectivity index (χ1) is 15.9. The minimum absolute atomic E-state index is 0.189. The molecule has 5 heteroatoms. The average molecular weight is 399 g/mol. The number of carbonyl (C=O) groups excluding carboxylic acids is 1. The number of hydrogen-bond acceptors (Lipinski definition) is 3. The van der Waals surface area contributed by atoms with Crippen molar-refractivity contribution in [1.82, 2.24) is 4.98 Å². The summed E-state index contributed by atoms with van der Waals surface area (Å²) < 4.78 is 48.4. The second kappa shape index (κ2) is 7.07. The Balaban J connectivity index is 2.26. The normalized spacial score (nSPS) is 16.1. The first-order valence-electron chi connectivity index (χ1n) is 12.2. The fourth-order valence-corrected chi connectivity index (χ4v) is 3.23. The monoisotopic (exact) mass is 398 g/mol. The highest BCUT2D eigenvalue weighted by Gasteiger charge is 2.26. The molecule has 2 aromatic carbocycles. The number of aromatic nitrogens is 1. The van der Waals surface area contributed by atoms with Crippen molar-refractivity contribution < 1.29 is 18.1 Å². The van der Waals surface area contributed by atoms with E-state index in [0.717, 1.165) is 13.0 Å². The quantitative estimate of drug-likeness (QED) is 0.563. The number of rotatable bonds is 2. The second-order valence-electron chi connectivity index (χ2n) is 8.32. The number of benzene rings is 2. The number of aromatic amines is 1. The van der Waals surface area contributed by atoms with Crippen molar-refractivity contribution in [2.75, 3.05) is 5.32 Å². The lowest BCUT2D eigenvalue weighted by Gasteiger charge is -2.28. The van der Waals surface area contributed by atoms with Crippen molar-refractivity contribution in [3.63, 3.8) is 0 Å². The topological polar surface area (TPSA) is 82.2 Å². The maximum Gasteiger partial charge on any atom is 0.261 e. The van der Waals surface area contributed by atoms with Crippen LogP contribution in [0.4, 0.5) is 5.69 Å². The molecule has 0 bridgehead atoms. The number of para-hydroxylation sites is 1. The van der Waals surface area contributed by atoms with Gasteiger partial charge in [-0.15, -0.1) is 0 Å². The maximum absolute atomic E-state index is 13.2. The van der Waals surface area contributed by atoms with Gasteiger partial charge in [0.25, 0.3) is 5.91 Å². The Bertz CT molecular complexity index is 1340. The van der Waals surface area contributed by atoms with Crippen LogP contribution in [0.3, 0.4) is 0 Å². The highest BCUT2D eigenvalue weighted by molar-refractivity contribution is 6.06. The first-order valence-corrected chi connectivity index (χ1v) is 9.19. The van der Waals surface area contributed by atoms with Gasteiger partial charge in [-0.2, -0.15) is 0 Å². The summed E-state index contributed by atoms with van der Waals surface area (Å²) in [4.78, 5) is 28.9. The van der Waals surface area contributed by atoms with Crippen LogP contribution in [0.15, 0.2) is 47.4 Å². The third-order valence-electron chi connectivity index (χ3n) is 4.76. The average Bonchev–Trinajstić information content (AvgIpc) is 2.71. The third kappa shape index (κ3) is 4.04. The van der Waals surface area contributed by atoms with Gasteiger partial charge >= 0.3 is 0 Å². The number of aromatic hydroxyl groups is 1. The lowest BCUT2D eigenvalue weighted by Crippen LogP contribution is -2.25. The van der Waals surface area contributed by atoms with Gasteiger partial charge in [-0.1, -0.05) is 53.5 Å². The van der Waals surface area contributed by atoms with Crippen LogP contribution >= 0.6 is 0 Å². The number of H-pyrrole nitrogens is 1. The van der Waals surface area contributed by atoms with Crippen molar-refractivity contribution in [2.24, 2.45) is 0 Å². The number of pyridine rings is 1. The second-order valence-corrected chi connectivity index (χ2v) is 8.32. The van der Waals surface area contributed by atoms with E-state index in [-0.39, 0.29) is 28.0 Å². The molecular weight excluding hydrogens is 364 g/mol. The van der Waals surface area contributed by atoms with Crippen LogP contribution in [0.2, 0.25) is 0 Å². The van der Waals surface area contributed by atoms with Gasteiger partial charge in [0.2, 0.25) is 5.43 Å². The number of carbonyl (C=O) groups is 1. The van der Waals surface area contributed by atoms with Crippen LogP contribution < -0.4 is 10.7 Å². The van der Waals surface area contributed by atoms with Gasteiger partial charge in [0.05, 0.1) is 0 Å². The fraction of sp³-hybridized carbons (Fsp3) is 0.333. The van der Waals surface area contributed by atoms with Gasteiger partial charge < -0.3 is 15.4 Å². The van der Waals surface area contributed by atoms with Gasteiger partial charge in [-0.05, 0) is 40.2 Å². The van der Waals surface area contributed by atoms with Crippen LogP contribution in [0, 0.1) is 0 Å². The molecule has 0 aliphatic rings. The largest absolute Gasteiger partial charge is 0.508 e. The molecule has 152 valence electrons. The zero-order valence-corrected chi connectivity index (χ0v) is 16.8. The summed E-state index contributed by atoms with van der Waals surface area (Å²) in [5.41, 5.74) is -3.42. The number of anilines is 1. The van der Waals surface area contributed by atoms with Crippen molar-refractivity contribution in [3.8, 4) is 5.75 Å². The molecular formula is C24H28N2O3. The van der Waals surface area contributed by atoms with Crippen molar-refractivity contribution in [1.29, 1.82) is 0 Å². The molecule has 0 saturated heterocycles. The Hall–Kier alpha value is -3.08. The van der Waals surface area contributed by atoms with Crippen LogP contribution in [0.1, 0.15) is 71.1 Å². The molecule has 0 spiro atoms. The fourth-order valence-electron chi connectivity index (χ4n) is 3.23. The third-order valence-corrected chi connectivity index (χ3v) is 4.76. The van der Waals surface area contributed by atoms with Crippen LogP contribution in [-0.2, 0) is 10.8 Å². The zero-order chi connectivity index (χ0) is 26.6. The molecule has 1 aromatic heterocycles. The predicted octanol–water partition coefficient (Wildman–Crippen LogP) is 5.08. The lowest BCUT2D eigenvalue weighted by molar-refractivity contribution is 0.102. The standard InChI is InChI=1S/C24H28N2O3/c1-23(2,3)16-11-17(24(4,5)6)20(27)12-19(16)26-22(29)15-13-25-18-10-8-7-9-14(18)21(15)28/h7-13,27H,1-6H3,(H,25,28)(H,26,29)/i1D3,2D3. The van der Waals surface area contributed by atoms with Gasteiger partial charge in [0, 0.05) is 37.1 Å². The minimum atomic E-state index is -3.00. The van der Waals surface area contributed by atoms with Crippen molar-refractivity contribution in [3.05, 3.63) is 69.5 Å². The summed E-state index contributed by atoms with van der Waals surface area (Å²) >= 11 is 0. The molecule has 3 N–H and O–H groups in total. The lowest BCUT2D eigenvalue weighted by atomic mass is 9.79. The molecule has 0 fully saturated rings. The summed E-state index contributed by atoms with van der Waals surface area (Å²) in [5.74, 6) is -1.12. The summed E-state index contributed by atoms with van der Waals surface area (Å²) in [6, 6.07) is 9.07. The highest BCUT2D eigenvalue weighted by atomic mass is 16.3. The first kappa shape index (κ1) is 14.0. The van der Waals surface area contributed by atoms with Crippen molar-refractivity contribution >= 4 is 22.5 Å². The van der Waals surface area contributed by atoms with Crippen LogP contribution in [0.25, 0.3) is 10.9 Å². The van der Waals surface area contributed by atoms with Crippen LogP contribution in [-0.4, -0.2) is 16.0 Å². The van der Waals surface area contributed by atoms with E-state index in [1.54, 1.807) is 45.0 Å². The molecule has 1 heterocycles. The maximum atomic E-state index is 13.2. The van der Waals surface area contributed by atoms with E-state index in [0.29, 0.717) is 11.1 Å². The van der Waals surface area contributed by atoms with Gasteiger partial charge in [-0.25, -0.2) is 0 Å². The molecule has 0 saturated carbocycles. The number of hydrogen-bond donors (Lipinski definition) is 3. The number of phenolic OH excluding ortho intramolecular Hbond substituents is 1. The Morgan fingerprint density at radius 2 is 1.76 bits per heavy atom. The van der Waals surface area contributed by atoms with Gasteiger partial charge in [0.15, 0.2) is 0 Å². The van der Waals surface area contributed by atoms with Crippen molar-refractivity contribution in [2.45, 2.75) is 52.2 Å². The molecule has 0 aliphatic heterocycles. The number of amides is 1. The Labute approximate surface area is 179 Å². The van der Waals surface area contributed by atoms with E-state index in [1.807, 2.05) is 0 Å². The molecule has 5 nitrogen and oxygen atoms in total. The highest BCUT2D eigenvalue weighted by Crippen LogP contribution is 2.39. The molecule has 0 atom stereocenters. The predicted molar refractivity (Wildman–Crippen MR) is 118 cm³/mol. The van der Waals surface area contributed by atoms with E-state index in [9.17, 15) is 14.7 Å². The number of phenols is 1. The summed E-state index contributed by atoms with van der Waals surface area (Å²) in [5, 5.41) is 13.5. The van der Waals surface area contributed by atoms with E-state index >= 15 is 0 Å². The Kier molecular flexibility index (Phi) is 3.41. The summed E-state index contributed by atoms with van der Waals surface area (Å²) in [7, 11) is 0. The van der Waals surface area contributed by atoms with Gasteiger partial charge in [-0.3, -0.25) is 9.59 Å². The molecule has 1 amide bonds. The van der Waals surface area contributed by atoms with Crippen LogP contribution in [0.5, 0.6) is 5.75 Å². The van der Waals surface area contributed by atoms with E-state index in [4.69, 9.17) is 8.22 Å². The number of nitrogens with one attached hydrogen (secondary N) is 2. The Morgan fingerprint density at radius 3 is 2.41 bits per heavy atom. The van der Waals surface area contributed by atoms with E-state index < -0.39 is 35.9 Å². The smallest absolute Gasteiger partial charge is 0.261 e. The number of fused-ring (bicyclic) bond motifs is 1. The van der Waals surface area contributed by atoms with E-state index in [2.05, 4.69) is 10.3 Å². The zero-order valence-electron chi connectivity index (χ0n) is 22.8.